The minimum atomic E-state index is -2.29. The van der Waals surface area contributed by atoms with E-state index >= 15 is 0 Å². The first kappa shape index (κ1) is 56.6. The second kappa shape index (κ2) is 24.6. The van der Waals surface area contributed by atoms with Crippen LogP contribution in [-0.2, 0) is 37.4 Å². The molecule has 0 aromatic carbocycles. The highest BCUT2D eigenvalue weighted by Crippen LogP contribution is 2.44. The van der Waals surface area contributed by atoms with Crippen molar-refractivity contribution in [2.24, 2.45) is 23.7 Å². The van der Waals surface area contributed by atoms with Crippen molar-refractivity contribution >= 4 is 34.2 Å². The van der Waals surface area contributed by atoms with Gasteiger partial charge >= 0.3 is 0 Å². The van der Waals surface area contributed by atoms with E-state index in [1.165, 1.54) is 5.57 Å². The Kier molecular flexibility index (Phi) is 21.7. The summed E-state index contributed by atoms with van der Waals surface area (Å²) in [6.45, 7) is 38.1. The molecule has 11 atom stereocenters. The highest BCUT2D eigenvalue weighted by atomic mass is 28.4. The number of ether oxygens (including phenoxy) is 3. The number of ketones is 1. The maximum atomic E-state index is 13.8. The predicted octanol–water partition coefficient (Wildman–Crippen LogP) is 12.0. The first-order chi connectivity index (χ1) is 29.6. The van der Waals surface area contributed by atoms with Crippen molar-refractivity contribution in [3.8, 4) is 0 Å². The third kappa shape index (κ3) is 17.4. The Labute approximate surface area is 393 Å². The van der Waals surface area contributed by atoms with E-state index in [4.69, 9.17) is 23.1 Å². The zero-order valence-electron chi connectivity index (χ0n) is 43.9. The fraction of sp³-hybridized carbons (Fsp3) is 0.865. The normalized spacial score (nSPS) is 28.4. The highest BCUT2D eigenvalue weighted by Gasteiger charge is 2.45. The molecule has 0 aromatic heterocycles. The van der Waals surface area contributed by atoms with E-state index in [9.17, 15) is 14.4 Å². The molecule has 0 saturated carbocycles. The summed E-state index contributed by atoms with van der Waals surface area (Å²) in [7, 11) is -4.13. The lowest BCUT2D eigenvalue weighted by Gasteiger charge is -2.48. The number of hydrogen-bond acceptors (Lipinski definition) is 8. The number of rotatable bonds is 22. The van der Waals surface area contributed by atoms with Crippen LogP contribution in [0, 0.1) is 23.7 Å². The summed E-state index contributed by atoms with van der Waals surface area (Å²) in [5.41, 5.74) is 1.32. The van der Waals surface area contributed by atoms with Gasteiger partial charge in [0, 0.05) is 32.4 Å². The summed E-state index contributed by atoms with van der Waals surface area (Å²) in [4.78, 5) is 39.4. The van der Waals surface area contributed by atoms with Crippen LogP contribution in [0.2, 0.25) is 36.3 Å². The van der Waals surface area contributed by atoms with Crippen molar-refractivity contribution in [2.75, 3.05) is 13.1 Å². The summed E-state index contributed by atoms with van der Waals surface area (Å²) < 4.78 is 33.6. The van der Waals surface area contributed by atoms with Gasteiger partial charge in [0.1, 0.15) is 0 Å². The van der Waals surface area contributed by atoms with E-state index in [1.807, 2.05) is 13.8 Å². The van der Waals surface area contributed by atoms with Gasteiger partial charge in [-0.2, -0.15) is 0 Å². The zero-order chi connectivity index (χ0) is 48.3. The molecule has 370 valence electrons. The van der Waals surface area contributed by atoms with Gasteiger partial charge in [0.25, 0.3) is 0 Å². The molecule has 10 nitrogen and oxygen atoms in total. The van der Waals surface area contributed by atoms with Crippen LogP contribution in [0.5, 0.6) is 0 Å². The van der Waals surface area contributed by atoms with E-state index in [0.29, 0.717) is 24.8 Å². The molecule has 3 heterocycles. The quantitative estimate of drug-likeness (QED) is 0.0476. The van der Waals surface area contributed by atoms with Crippen molar-refractivity contribution in [1.82, 2.24) is 10.6 Å². The van der Waals surface area contributed by atoms with Crippen molar-refractivity contribution in [3.63, 3.8) is 0 Å². The van der Waals surface area contributed by atoms with Crippen LogP contribution in [0.4, 0.5) is 0 Å². The Hall–Kier alpha value is -1.68. The Morgan fingerprint density at radius 3 is 2.08 bits per heavy atom. The maximum Gasteiger partial charge on any atom is 0.225 e. The molecule has 3 aliphatic rings. The molecule has 2 amide bonds. The van der Waals surface area contributed by atoms with Crippen molar-refractivity contribution in [3.05, 3.63) is 23.8 Å². The number of carbonyl (C=O) groups is 3. The van der Waals surface area contributed by atoms with E-state index < -0.39 is 34.4 Å². The number of allylic oxidation sites excluding steroid dienone is 3. The molecule has 3 rings (SSSR count). The molecule has 0 aromatic rings. The third-order valence-corrected chi connectivity index (χ3v) is 24.7. The third-order valence-electron chi connectivity index (χ3n) is 15.7. The summed E-state index contributed by atoms with van der Waals surface area (Å²) in [5.74, 6) is -0.0477. The van der Waals surface area contributed by atoms with Gasteiger partial charge in [0.2, 0.25) is 11.8 Å². The number of hydrogen-bond donors (Lipinski definition) is 2. The van der Waals surface area contributed by atoms with Gasteiger partial charge in [0.15, 0.2) is 28.2 Å². The van der Waals surface area contributed by atoms with E-state index in [0.717, 1.165) is 70.6 Å². The smallest absolute Gasteiger partial charge is 0.225 e. The standard InChI is InChI=1S/C52H96N2O8Si2/c1-18-21-42(55)33-44-27-25-37(3)46(58-44)34-48(56)54-35-47(62-64(16,17)51(11,12)13)40(6)49(57)53-31-20-23-45-38(4)28-30-52(60-45)29-19-22-43(59-52)26-24-36(2)32-39(5)41(7)61-63(14,15)50(8,9)10/h18,21,32,36-38,40-41,43-47H,19-20,22-31,33-35H2,1-17H3,(H,53,57)(H,54,56)/b21-18+,39-32+/t36-,37-,38-,40-,41-,43-,44+,45+,46+,47+,52-/m0/s1. The monoisotopic (exact) mass is 933 g/mol. The molecule has 0 bridgehead atoms. The SMILES string of the molecule is C/C=C/C(=O)C[C@H]1CC[C@H](C)[C@@H](CC(=O)NC[C@@H](O[Si](C)(C)C(C)(C)C)[C@H](C)C(=O)NCCC[C@H]2O[C@@]3(CCC[C@@H](CC[C@H](C)/C=C(\C)[C@H](C)O[Si](C)(C)C(C)(C)C)O3)CC[C@@H]2C)O1. The number of nitrogens with one attached hydrogen (secondary N) is 2. The summed E-state index contributed by atoms with van der Waals surface area (Å²) >= 11 is 0. The topological polar surface area (TPSA) is 121 Å². The molecule has 3 fully saturated rings. The average molecular weight is 934 g/mol. The van der Waals surface area contributed by atoms with Gasteiger partial charge in [0.05, 0.1) is 49.0 Å². The Bertz CT molecular complexity index is 1550. The zero-order valence-corrected chi connectivity index (χ0v) is 45.9. The van der Waals surface area contributed by atoms with Gasteiger partial charge in [-0.15, -0.1) is 0 Å². The second-order valence-corrected chi connectivity index (χ2v) is 32.9. The first-order valence-electron chi connectivity index (χ1n) is 25.3. The van der Waals surface area contributed by atoms with Crippen LogP contribution >= 0.6 is 0 Å². The molecule has 3 aliphatic heterocycles. The summed E-state index contributed by atoms with van der Waals surface area (Å²) in [5, 5.41) is 6.43. The van der Waals surface area contributed by atoms with Gasteiger partial charge in [-0.1, -0.05) is 81.4 Å². The second-order valence-electron chi connectivity index (χ2n) is 23.4. The molecule has 1 spiro atoms. The molecule has 2 N–H and O–H groups in total. The Balaban J connectivity index is 1.52. The lowest BCUT2D eigenvalue weighted by molar-refractivity contribution is -0.324. The van der Waals surface area contributed by atoms with Crippen LogP contribution < -0.4 is 10.6 Å². The van der Waals surface area contributed by atoms with Crippen molar-refractivity contribution in [1.29, 1.82) is 0 Å². The van der Waals surface area contributed by atoms with Crippen molar-refractivity contribution < 1.29 is 37.4 Å². The van der Waals surface area contributed by atoms with E-state index in [2.05, 4.69) is 119 Å². The fourth-order valence-corrected chi connectivity index (χ4v) is 11.7. The van der Waals surface area contributed by atoms with Crippen LogP contribution in [0.25, 0.3) is 0 Å². The van der Waals surface area contributed by atoms with Gasteiger partial charge in [-0.3, -0.25) is 14.4 Å². The molecule has 0 unspecified atom stereocenters. The predicted molar refractivity (Wildman–Crippen MR) is 267 cm³/mol. The Morgan fingerprint density at radius 2 is 1.44 bits per heavy atom. The minimum Gasteiger partial charge on any atom is -0.411 e. The van der Waals surface area contributed by atoms with Crippen LogP contribution in [0.15, 0.2) is 23.8 Å². The molecular formula is C52H96N2O8Si2. The van der Waals surface area contributed by atoms with Gasteiger partial charge < -0.3 is 33.7 Å². The lowest BCUT2D eigenvalue weighted by Crippen LogP contribution is -2.52. The molecule has 12 heteroatoms. The molecule has 0 radical (unpaired) electrons. The largest absolute Gasteiger partial charge is 0.411 e. The summed E-state index contributed by atoms with van der Waals surface area (Å²) in [6, 6.07) is 0. The highest BCUT2D eigenvalue weighted by molar-refractivity contribution is 6.74. The van der Waals surface area contributed by atoms with Gasteiger partial charge in [-0.05, 0) is 144 Å². The fourth-order valence-electron chi connectivity index (χ4n) is 8.90. The molecule has 0 aliphatic carbocycles. The van der Waals surface area contributed by atoms with Gasteiger partial charge in [-0.25, -0.2) is 0 Å². The number of amides is 2. The van der Waals surface area contributed by atoms with Crippen LogP contribution in [0.3, 0.4) is 0 Å². The van der Waals surface area contributed by atoms with E-state index in [1.54, 1.807) is 12.2 Å². The molecule has 64 heavy (non-hydrogen) atoms. The molecule has 3 saturated heterocycles. The van der Waals surface area contributed by atoms with Crippen LogP contribution in [0.1, 0.15) is 173 Å². The van der Waals surface area contributed by atoms with Crippen molar-refractivity contribution in [2.45, 2.75) is 252 Å². The Morgan fingerprint density at radius 1 is 0.797 bits per heavy atom. The first-order valence-corrected chi connectivity index (χ1v) is 31.1. The average Bonchev–Trinajstić information content (AvgIpc) is 3.18. The lowest BCUT2D eigenvalue weighted by atomic mass is 9.85. The van der Waals surface area contributed by atoms with E-state index in [-0.39, 0.29) is 77.1 Å². The minimum absolute atomic E-state index is 0.0462. The number of carbonyl (C=O) groups excluding carboxylic acids is 3. The molecular weight excluding hydrogens is 837 g/mol. The summed E-state index contributed by atoms with van der Waals surface area (Å²) in [6.07, 6.45) is 16.4. The maximum absolute atomic E-state index is 13.8. The van der Waals surface area contributed by atoms with Crippen LogP contribution in [-0.4, -0.2) is 89.7 Å².